The van der Waals surface area contributed by atoms with Gasteiger partial charge in [-0.2, -0.15) is 5.10 Å². The first-order chi connectivity index (χ1) is 9.65. The van der Waals surface area contributed by atoms with Gasteiger partial charge in [-0.1, -0.05) is 13.8 Å². The molecule has 0 spiro atoms. The lowest BCUT2D eigenvalue weighted by Gasteiger charge is -2.13. The number of aromatic nitrogens is 4. The Balaban J connectivity index is 2.29. The Hall–Kier alpha value is -2.11. The van der Waals surface area contributed by atoms with Crippen molar-refractivity contribution in [3.8, 4) is 11.8 Å². The highest BCUT2D eigenvalue weighted by atomic mass is 16.5. The van der Waals surface area contributed by atoms with Crippen LogP contribution in [0.25, 0.3) is 0 Å². The van der Waals surface area contributed by atoms with Crippen LogP contribution in [0.2, 0.25) is 0 Å². The average molecular weight is 275 g/mol. The topological polar surface area (TPSA) is 64.9 Å². The molecule has 2 aromatic heterocycles. The molecule has 0 aliphatic heterocycles. The Morgan fingerprint density at radius 1 is 1.30 bits per heavy atom. The van der Waals surface area contributed by atoms with Gasteiger partial charge in [0, 0.05) is 19.7 Å². The zero-order chi connectivity index (χ0) is 14.5. The zero-order valence-electron chi connectivity index (χ0n) is 12.5. The van der Waals surface area contributed by atoms with Crippen LogP contribution in [0.15, 0.2) is 12.4 Å². The van der Waals surface area contributed by atoms with Gasteiger partial charge in [0.15, 0.2) is 0 Å². The molecule has 0 fully saturated rings. The van der Waals surface area contributed by atoms with E-state index in [9.17, 15) is 0 Å². The van der Waals surface area contributed by atoms with E-state index in [1.807, 2.05) is 20.0 Å². The number of rotatable bonds is 6. The molecule has 0 amide bonds. The van der Waals surface area contributed by atoms with Crippen LogP contribution in [0, 0.1) is 6.92 Å². The van der Waals surface area contributed by atoms with E-state index in [0.717, 1.165) is 36.5 Å². The van der Waals surface area contributed by atoms with Crippen LogP contribution >= 0.6 is 0 Å². The molecule has 0 aliphatic rings. The van der Waals surface area contributed by atoms with Crippen molar-refractivity contribution in [2.75, 3.05) is 11.9 Å². The monoisotopic (exact) mass is 275 g/mol. The summed E-state index contributed by atoms with van der Waals surface area (Å²) in [7, 11) is 1.85. The number of nitrogens with one attached hydrogen (secondary N) is 1. The quantitative estimate of drug-likeness (QED) is 0.878. The summed E-state index contributed by atoms with van der Waals surface area (Å²) in [6, 6.07) is 1.89. The third-order valence-corrected chi connectivity index (χ3v) is 2.96. The number of aryl methyl sites for hydroxylation is 2. The number of nitrogens with zero attached hydrogens (tertiary/aromatic N) is 4. The second kappa shape index (κ2) is 6.36. The Morgan fingerprint density at radius 3 is 2.70 bits per heavy atom. The van der Waals surface area contributed by atoms with Gasteiger partial charge in [-0.3, -0.25) is 0 Å². The molecule has 0 atom stereocenters. The van der Waals surface area contributed by atoms with E-state index in [2.05, 4.69) is 34.2 Å². The SMILES string of the molecule is CCCNc1ncnc(Oc2cc(C)nn2C)c1CC. The summed E-state index contributed by atoms with van der Waals surface area (Å²) < 4.78 is 7.59. The summed E-state index contributed by atoms with van der Waals surface area (Å²) in [6.45, 7) is 7.00. The molecule has 1 N–H and O–H groups in total. The molecule has 0 unspecified atom stereocenters. The Labute approximate surface area is 119 Å². The Kier molecular flexibility index (Phi) is 4.55. The van der Waals surface area contributed by atoms with Gasteiger partial charge in [0.25, 0.3) is 0 Å². The maximum Gasteiger partial charge on any atom is 0.229 e. The van der Waals surface area contributed by atoms with Crippen molar-refractivity contribution in [3.05, 3.63) is 23.7 Å². The van der Waals surface area contributed by atoms with E-state index in [1.165, 1.54) is 6.33 Å². The van der Waals surface area contributed by atoms with Crippen LogP contribution < -0.4 is 10.1 Å². The second-order valence-corrected chi connectivity index (χ2v) is 4.64. The minimum atomic E-state index is 0.587. The van der Waals surface area contributed by atoms with Crippen LogP contribution in [-0.2, 0) is 13.5 Å². The highest BCUT2D eigenvalue weighted by Crippen LogP contribution is 2.27. The lowest BCUT2D eigenvalue weighted by Crippen LogP contribution is -2.07. The second-order valence-electron chi connectivity index (χ2n) is 4.64. The molecule has 0 saturated heterocycles. The van der Waals surface area contributed by atoms with Crippen molar-refractivity contribution in [2.24, 2.45) is 7.05 Å². The summed E-state index contributed by atoms with van der Waals surface area (Å²) in [6.07, 6.45) is 3.37. The normalized spacial score (nSPS) is 10.6. The number of hydrogen-bond acceptors (Lipinski definition) is 5. The maximum absolute atomic E-state index is 5.88. The number of anilines is 1. The molecule has 6 nitrogen and oxygen atoms in total. The standard InChI is InChI=1S/C14H21N5O/c1-5-7-15-13-11(6-2)14(17-9-16-13)20-12-8-10(3)18-19(12)4/h8-9H,5-7H2,1-4H3,(H,15,16,17). The van der Waals surface area contributed by atoms with Crippen molar-refractivity contribution < 1.29 is 4.74 Å². The van der Waals surface area contributed by atoms with E-state index >= 15 is 0 Å². The van der Waals surface area contributed by atoms with Crippen molar-refractivity contribution in [3.63, 3.8) is 0 Å². The molecule has 108 valence electrons. The third-order valence-electron chi connectivity index (χ3n) is 2.96. The maximum atomic E-state index is 5.88. The molecule has 2 heterocycles. The van der Waals surface area contributed by atoms with Crippen LogP contribution in [0.5, 0.6) is 11.8 Å². The van der Waals surface area contributed by atoms with Gasteiger partial charge in [0.2, 0.25) is 11.8 Å². The summed E-state index contributed by atoms with van der Waals surface area (Å²) >= 11 is 0. The first kappa shape index (κ1) is 14.3. The molecule has 0 bridgehead atoms. The number of hydrogen-bond donors (Lipinski definition) is 1. The van der Waals surface area contributed by atoms with Crippen molar-refractivity contribution >= 4 is 5.82 Å². The van der Waals surface area contributed by atoms with Crippen molar-refractivity contribution in [2.45, 2.75) is 33.6 Å². The molecule has 0 radical (unpaired) electrons. The van der Waals surface area contributed by atoms with Crippen LogP contribution in [0.4, 0.5) is 5.82 Å². The van der Waals surface area contributed by atoms with Gasteiger partial charge in [0.05, 0.1) is 11.3 Å². The Bertz CT molecular complexity index is 579. The van der Waals surface area contributed by atoms with E-state index < -0.39 is 0 Å². The first-order valence-electron chi connectivity index (χ1n) is 6.91. The predicted molar refractivity (Wildman–Crippen MR) is 78.2 cm³/mol. The molecule has 0 aliphatic carbocycles. The van der Waals surface area contributed by atoms with E-state index in [1.54, 1.807) is 4.68 Å². The lowest BCUT2D eigenvalue weighted by atomic mass is 10.2. The fourth-order valence-electron chi connectivity index (χ4n) is 1.98. The smallest absolute Gasteiger partial charge is 0.229 e. The lowest BCUT2D eigenvalue weighted by molar-refractivity contribution is 0.410. The van der Waals surface area contributed by atoms with E-state index in [-0.39, 0.29) is 0 Å². The summed E-state index contributed by atoms with van der Waals surface area (Å²) in [5, 5.41) is 7.57. The molecule has 0 saturated carbocycles. The molecule has 2 aromatic rings. The van der Waals surface area contributed by atoms with Crippen molar-refractivity contribution in [1.29, 1.82) is 0 Å². The minimum absolute atomic E-state index is 0.587. The van der Waals surface area contributed by atoms with Crippen molar-refractivity contribution in [1.82, 2.24) is 19.7 Å². The first-order valence-corrected chi connectivity index (χ1v) is 6.91. The highest BCUT2D eigenvalue weighted by Gasteiger charge is 2.13. The summed E-state index contributed by atoms with van der Waals surface area (Å²) in [5.41, 5.74) is 1.90. The van der Waals surface area contributed by atoms with Gasteiger partial charge < -0.3 is 10.1 Å². The predicted octanol–water partition coefficient (Wildman–Crippen LogP) is 2.70. The molecule has 6 heteroatoms. The average Bonchev–Trinajstić information content (AvgIpc) is 2.74. The van der Waals surface area contributed by atoms with E-state index in [0.29, 0.717) is 11.8 Å². The van der Waals surface area contributed by atoms with E-state index in [4.69, 9.17) is 4.74 Å². The molecule has 0 aromatic carbocycles. The highest BCUT2D eigenvalue weighted by molar-refractivity contribution is 5.49. The van der Waals surface area contributed by atoms with Crippen LogP contribution in [0.1, 0.15) is 31.5 Å². The number of ether oxygens (including phenoxy) is 1. The van der Waals surface area contributed by atoms with Gasteiger partial charge >= 0.3 is 0 Å². The Morgan fingerprint density at radius 2 is 2.10 bits per heavy atom. The summed E-state index contributed by atoms with van der Waals surface area (Å²) in [4.78, 5) is 8.54. The molecular weight excluding hydrogens is 254 g/mol. The largest absolute Gasteiger partial charge is 0.420 e. The van der Waals surface area contributed by atoms with Gasteiger partial charge in [-0.25, -0.2) is 14.6 Å². The fourth-order valence-corrected chi connectivity index (χ4v) is 1.98. The molecular formula is C14H21N5O. The van der Waals surface area contributed by atoms with Gasteiger partial charge in [0.1, 0.15) is 12.1 Å². The minimum Gasteiger partial charge on any atom is -0.420 e. The van der Waals surface area contributed by atoms with Crippen LogP contribution in [-0.4, -0.2) is 26.3 Å². The third kappa shape index (κ3) is 3.07. The summed E-state index contributed by atoms with van der Waals surface area (Å²) in [5.74, 6) is 2.11. The zero-order valence-corrected chi connectivity index (χ0v) is 12.5. The van der Waals surface area contributed by atoms with Gasteiger partial charge in [-0.05, 0) is 19.8 Å². The molecule has 20 heavy (non-hydrogen) atoms. The fraction of sp³-hybridized carbons (Fsp3) is 0.500. The van der Waals surface area contributed by atoms with Crippen LogP contribution in [0.3, 0.4) is 0 Å². The van der Waals surface area contributed by atoms with Gasteiger partial charge in [-0.15, -0.1) is 0 Å². The molecule has 2 rings (SSSR count).